The highest BCUT2D eigenvalue weighted by molar-refractivity contribution is 7.89. The van der Waals surface area contributed by atoms with Crippen LogP contribution in [0.4, 0.5) is 5.69 Å². The topological polar surface area (TPSA) is 111 Å². The average Bonchev–Trinajstić information content (AvgIpc) is 3.07. The second kappa shape index (κ2) is 8.65. The Hall–Kier alpha value is -2.59. The van der Waals surface area contributed by atoms with Crippen LogP contribution in [0.25, 0.3) is 0 Å². The van der Waals surface area contributed by atoms with E-state index in [0.29, 0.717) is 42.3 Å². The number of benzene rings is 1. The molecule has 1 saturated heterocycles. The molecule has 1 aromatic carbocycles. The first-order valence-electron chi connectivity index (χ1n) is 9.65. The summed E-state index contributed by atoms with van der Waals surface area (Å²) < 4.78 is 43.1. The van der Waals surface area contributed by atoms with E-state index in [1.54, 1.807) is 33.1 Å². The summed E-state index contributed by atoms with van der Waals surface area (Å²) in [7, 11) is -0.714. The van der Waals surface area contributed by atoms with Crippen LogP contribution in [0, 0.1) is 26.7 Å². The minimum absolute atomic E-state index is 0.0827. The molecule has 1 fully saturated rings. The van der Waals surface area contributed by atoms with Crippen molar-refractivity contribution in [1.82, 2.24) is 9.46 Å². The molecule has 0 aliphatic carbocycles. The molecule has 3 rings (SSSR count). The molecule has 10 heteroatoms. The highest BCUT2D eigenvalue weighted by Crippen LogP contribution is 2.34. The van der Waals surface area contributed by atoms with Gasteiger partial charge in [0.15, 0.2) is 17.3 Å². The molecule has 1 unspecified atom stereocenters. The van der Waals surface area contributed by atoms with E-state index in [1.165, 1.54) is 11.4 Å². The molecule has 2 aromatic rings. The molecular weight excluding hydrogens is 410 g/mol. The van der Waals surface area contributed by atoms with E-state index in [0.717, 1.165) is 5.56 Å². The van der Waals surface area contributed by atoms with Gasteiger partial charge < -0.3 is 19.3 Å². The van der Waals surface area contributed by atoms with Gasteiger partial charge >= 0.3 is 0 Å². The maximum absolute atomic E-state index is 13.1. The number of carbonyl (C=O) groups excluding carboxylic acids is 1. The van der Waals surface area contributed by atoms with Crippen LogP contribution in [0.2, 0.25) is 0 Å². The number of hydrogen-bond acceptors (Lipinski definition) is 7. The average molecular weight is 438 g/mol. The SMILES string of the molecule is COc1cc(C)c(NC(=O)C2CCCN(S(=O)(=O)c3c(C)noc3C)C2)cc1OC. The van der Waals surface area contributed by atoms with E-state index in [4.69, 9.17) is 14.0 Å². The van der Waals surface area contributed by atoms with Crippen LogP contribution in [-0.4, -0.2) is 51.1 Å². The maximum Gasteiger partial charge on any atom is 0.248 e. The van der Waals surface area contributed by atoms with Crippen molar-refractivity contribution in [2.75, 3.05) is 32.6 Å². The summed E-state index contributed by atoms with van der Waals surface area (Å²) in [6.45, 7) is 5.47. The molecule has 0 radical (unpaired) electrons. The largest absolute Gasteiger partial charge is 0.493 e. The number of rotatable bonds is 6. The second-order valence-corrected chi connectivity index (χ2v) is 9.24. The molecule has 1 N–H and O–H groups in total. The lowest BCUT2D eigenvalue weighted by Gasteiger charge is -2.31. The van der Waals surface area contributed by atoms with Gasteiger partial charge in [-0.1, -0.05) is 5.16 Å². The highest BCUT2D eigenvalue weighted by atomic mass is 32.2. The van der Waals surface area contributed by atoms with Gasteiger partial charge in [0.2, 0.25) is 15.9 Å². The van der Waals surface area contributed by atoms with Gasteiger partial charge in [-0.25, -0.2) is 8.42 Å². The molecule has 1 atom stereocenters. The Morgan fingerprint density at radius 2 is 1.87 bits per heavy atom. The lowest BCUT2D eigenvalue weighted by Crippen LogP contribution is -2.44. The molecule has 2 heterocycles. The third-order valence-electron chi connectivity index (χ3n) is 5.31. The molecule has 1 aliphatic rings. The summed E-state index contributed by atoms with van der Waals surface area (Å²) in [4.78, 5) is 13.0. The quantitative estimate of drug-likeness (QED) is 0.739. The fourth-order valence-electron chi connectivity index (χ4n) is 3.70. The van der Waals surface area contributed by atoms with E-state index < -0.39 is 15.9 Å². The van der Waals surface area contributed by atoms with Gasteiger partial charge in [-0.15, -0.1) is 0 Å². The Morgan fingerprint density at radius 3 is 2.47 bits per heavy atom. The van der Waals surface area contributed by atoms with Crippen LogP contribution in [0.15, 0.2) is 21.6 Å². The molecule has 164 valence electrons. The van der Waals surface area contributed by atoms with Crippen LogP contribution >= 0.6 is 0 Å². The number of hydrogen-bond donors (Lipinski definition) is 1. The minimum atomic E-state index is -3.79. The van der Waals surface area contributed by atoms with Gasteiger partial charge in [0.1, 0.15) is 10.6 Å². The van der Waals surface area contributed by atoms with Gasteiger partial charge in [0, 0.05) is 24.8 Å². The Balaban J connectivity index is 1.78. The van der Waals surface area contributed by atoms with Crippen LogP contribution in [0.3, 0.4) is 0 Å². The molecule has 0 spiro atoms. The Kier molecular flexibility index (Phi) is 6.37. The standard InChI is InChI=1S/C20H27N3O6S/c1-12-9-17(27-4)18(28-5)10-16(12)21-20(24)15-7-6-8-23(11-15)30(25,26)19-13(2)22-29-14(19)3/h9-10,15H,6-8,11H2,1-5H3,(H,21,24). The van der Waals surface area contributed by atoms with E-state index in [9.17, 15) is 13.2 Å². The third kappa shape index (κ3) is 4.15. The van der Waals surface area contributed by atoms with E-state index in [1.807, 2.05) is 6.92 Å². The number of aromatic nitrogens is 1. The molecule has 0 bridgehead atoms. The zero-order valence-corrected chi connectivity index (χ0v) is 18.6. The summed E-state index contributed by atoms with van der Waals surface area (Å²) in [6.07, 6.45) is 1.19. The van der Waals surface area contributed by atoms with Gasteiger partial charge in [-0.05, 0) is 45.2 Å². The summed E-state index contributed by atoms with van der Waals surface area (Å²) >= 11 is 0. The zero-order valence-electron chi connectivity index (χ0n) is 17.8. The number of nitrogens with one attached hydrogen (secondary N) is 1. The maximum atomic E-state index is 13.1. The molecular formula is C20H27N3O6S. The second-order valence-electron chi connectivity index (χ2n) is 7.37. The molecule has 1 aromatic heterocycles. The van der Waals surface area contributed by atoms with Crippen molar-refractivity contribution in [3.05, 3.63) is 29.2 Å². The smallest absolute Gasteiger partial charge is 0.248 e. The number of ether oxygens (including phenoxy) is 2. The number of sulfonamides is 1. The first-order chi connectivity index (χ1) is 14.2. The van der Waals surface area contributed by atoms with Crippen molar-refractivity contribution in [3.8, 4) is 11.5 Å². The number of amides is 1. The number of aryl methyl sites for hydroxylation is 3. The molecule has 0 saturated carbocycles. The molecule has 1 aliphatic heterocycles. The first kappa shape index (κ1) is 22.1. The van der Waals surface area contributed by atoms with Gasteiger partial charge in [-0.3, -0.25) is 4.79 Å². The van der Waals surface area contributed by atoms with E-state index in [2.05, 4.69) is 10.5 Å². The number of anilines is 1. The number of piperidine rings is 1. The van der Waals surface area contributed by atoms with E-state index in [-0.39, 0.29) is 23.1 Å². The molecule has 30 heavy (non-hydrogen) atoms. The summed E-state index contributed by atoms with van der Waals surface area (Å²) in [5.74, 6) is 0.623. The van der Waals surface area contributed by atoms with Crippen LogP contribution in [0.1, 0.15) is 29.9 Å². The summed E-state index contributed by atoms with van der Waals surface area (Å²) in [5, 5.41) is 6.65. The predicted octanol–water partition coefficient (Wildman–Crippen LogP) is 2.66. The van der Waals surface area contributed by atoms with E-state index >= 15 is 0 Å². The number of carbonyl (C=O) groups is 1. The Bertz CT molecular complexity index is 1030. The van der Waals surface area contributed by atoms with Crippen molar-refractivity contribution >= 4 is 21.6 Å². The lowest BCUT2D eigenvalue weighted by molar-refractivity contribution is -0.120. The van der Waals surface area contributed by atoms with Gasteiger partial charge in [-0.2, -0.15) is 4.31 Å². The Morgan fingerprint density at radius 1 is 1.20 bits per heavy atom. The van der Waals surface area contributed by atoms with Crippen LogP contribution in [0.5, 0.6) is 11.5 Å². The lowest BCUT2D eigenvalue weighted by atomic mass is 9.98. The normalized spacial score (nSPS) is 17.6. The Labute approximate surface area is 176 Å². The molecule has 9 nitrogen and oxygen atoms in total. The van der Waals surface area contributed by atoms with Crippen molar-refractivity contribution in [2.45, 2.75) is 38.5 Å². The predicted molar refractivity (Wildman–Crippen MR) is 110 cm³/mol. The number of methoxy groups -OCH3 is 2. The molecule has 1 amide bonds. The highest BCUT2D eigenvalue weighted by Gasteiger charge is 2.36. The van der Waals surface area contributed by atoms with Crippen LogP contribution < -0.4 is 14.8 Å². The van der Waals surface area contributed by atoms with Crippen LogP contribution in [-0.2, 0) is 14.8 Å². The van der Waals surface area contributed by atoms with Gasteiger partial charge in [0.25, 0.3) is 0 Å². The van der Waals surface area contributed by atoms with Crippen molar-refractivity contribution in [3.63, 3.8) is 0 Å². The minimum Gasteiger partial charge on any atom is -0.493 e. The fourth-order valence-corrected chi connectivity index (χ4v) is 5.51. The monoisotopic (exact) mass is 437 g/mol. The summed E-state index contributed by atoms with van der Waals surface area (Å²) in [6, 6.07) is 3.48. The van der Waals surface area contributed by atoms with Gasteiger partial charge in [0.05, 0.1) is 20.1 Å². The van der Waals surface area contributed by atoms with Crippen molar-refractivity contribution in [1.29, 1.82) is 0 Å². The first-order valence-corrected chi connectivity index (χ1v) is 11.1. The fraction of sp³-hybridized carbons (Fsp3) is 0.500. The van der Waals surface area contributed by atoms with Crippen molar-refractivity contribution < 1.29 is 27.2 Å². The summed E-state index contributed by atoms with van der Waals surface area (Å²) in [5.41, 5.74) is 1.74. The third-order valence-corrected chi connectivity index (χ3v) is 7.42. The number of nitrogens with zero attached hydrogens (tertiary/aromatic N) is 2. The van der Waals surface area contributed by atoms with Crippen molar-refractivity contribution in [2.24, 2.45) is 5.92 Å². The zero-order chi connectivity index (χ0) is 22.1.